The number of carbonyl (C=O) groups excluding carboxylic acids is 2. The number of nitrogens with one attached hydrogen (secondary N) is 1. The average molecular weight is 413 g/mol. The summed E-state index contributed by atoms with van der Waals surface area (Å²) in [5, 5.41) is 3.04. The zero-order valence-corrected chi connectivity index (χ0v) is 15.4. The van der Waals surface area contributed by atoms with Crippen molar-refractivity contribution in [3.05, 3.63) is 57.0 Å². The lowest BCUT2D eigenvalue weighted by Crippen LogP contribution is -2.22. The fraction of sp³-hybridized carbons (Fsp3) is 0.176. The number of benzene rings is 2. The third-order valence-electron chi connectivity index (χ3n) is 3.15. The Kier molecular flexibility index (Phi) is 6.23. The number of aryl methyl sites for hydroxylation is 1. The standard InChI is InChI=1S/C17H15BrClNO4/c1-10-7-11(18)8-13(19)16(10)24-9-15(21)20-14-6-4-3-5-12(14)17(22)23-2/h3-8H,9H2,1-2H3,(H,20,21). The van der Waals surface area contributed by atoms with Gasteiger partial charge in [0.05, 0.1) is 23.4 Å². The normalized spacial score (nSPS) is 10.2. The summed E-state index contributed by atoms with van der Waals surface area (Å²) in [6.07, 6.45) is 0. The van der Waals surface area contributed by atoms with Gasteiger partial charge in [0.25, 0.3) is 5.91 Å². The fourth-order valence-electron chi connectivity index (χ4n) is 2.08. The monoisotopic (exact) mass is 411 g/mol. The van der Waals surface area contributed by atoms with Crippen LogP contribution in [-0.2, 0) is 9.53 Å². The molecule has 0 saturated carbocycles. The van der Waals surface area contributed by atoms with Gasteiger partial charge in [-0.25, -0.2) is 4.79 Å². The minimum Gasteiger partial charge on any atom is -0.482 e. The number of methoxy groups -OCH3 is 1. The van der Waals surface area contributed by atoms with Gasteiger partial charge in [-0.15, -0.1) is 0 Å². The first-order chi connectivity index (χ1) is 11.4. The van der Waals surface area contributed by atoms with Crippen molar-refractivity contribution < 1.29 is 19.1 Å². The molecule has 0 saturated heterocycles. The predicted molar refractivity (Wildman–Crippen MR) is 95.8 cm³/mol. The molecule has 24 heavy (non-hydrogen) atoms. The topological polar surface area (TPSA) is 64.6 Å². The molecule has 0 atom stereocenters. The van der Waals surface area contributed by atoms with Crippen LogP contribution in [0.3, 0.4) is 0 Å². The highest BCUT2D eigenvalue weighted by molar-refractivity contribution is 9.10. The van der Waals surface area contributed by atoms with E-state index < -0.39 is 11.9 Å². The first-order valence-corrected chi connectivity index (χ1v) is 8.15. The molecule has 2 aromatic rings. The van der Waals surface area contributed by atoms with E-state index in [1.807, 2.05) is 13.0 Å². The Labute approximate surface area is 153 Å². The highest BCUT2D eigenvalue weighted by atomic mass is 79.9. The molecule has 126 valence electrons. The second-order valence-corrected chi connectivity index (χ2v) is 6.23. The second kappa shape index (κ2) is 8.17. The van der Waals surface area contributed by atoms with Crippen LogP contribution < -0.4 is 10.1 Å². The zero-order chi connectivity index (χ0) is 17.7. The molecular weight excluding hydrogens is 398 g/mol. The Balaban J connectivity index is 2.06. The van der Waals surface area contributed by atoms with Crippen molar-refractivity contribution in [2.75, 3.05) is 19.0 Å². The van der Waals surface area contributed by atoms with E-state index in [1.54, 1.807) is 30.3 Å². The molecule has 0 unspecified atom stereocenters. The molecule has 0 spiro atoms. The number of halogens is 2. The van der Waals surface area contributed by atoms with Crippen molar-refractivity contribution in [3.63, 3.8) is 0 Å². The highest BCUT2D eigenvalue weighted by Crippen LogP contribution is 2.32. The summed E-state index contributed by atoms with van der Waals surface area (Å²) >= 11 is 9.45. The Morgan fingerprint density at radius 2 is 1.96 bits per heavy atom. The van der Waals surface area contributed by atoms with Crippen LogP contribution in [0.5, 0.6) is 5.75 Å². The van der Waals surface area contributed by atoms with Crippen LogP contribution in [0.25, 0.3) is 0 Å². The third kappa shape index (κ3) is 4.49. The van der Waals surface area contributed by atoms with Crippen LogP contribution in [0.4, 0.5) is 5.69 Å². The maximum absolute atomic E-state index is 12.1. The second-order valence-electron chi connectivity index (χ2n) is 4.91. The van der Waals surface area contributed by atoms with Crippen molar-refractivity contribution in [2.24, 2.45) is 0 Å². The van der Waals surface area contributed by atoms with Gasteiger partial charge < -0.3 is 14.8 Å². The number of esters is 1. The summed E-state index contributed by atoms with van der Waals surface area (Å²) in [4.78, 5) is 23.8. The van der Waals surface area contributed by atoms with Crippen molar-refractivity contribution >= 4 is 45.1 Å². The van der Waals surface area contributed by atoms with Crippen LogP contribution in [0.1, 0.15) is 15.9 Å². The van der Waals surface area contributed by atoms with Gasteiger partial charge in [-0.05, 0) is 36.8 Å². The van der Waals surface area contributed by atoms with Crippen molar-refractivity contribution in [3.8, 4) is 5.75 Å². The van der Waals surface area contributed by atoms with E-state index in [-0.39, 0.29) is 12.2 Å². The number of rotatable bonds is 5. The van der Waals surface area contributed by atoms with E-state index in [1.165, 1.54) is 7.11 Å². The van der Waals surface area contributed by atoms with E-state index in [2.05, 4.69) is 26.0 Å². The van der Waals surface area contributed by atoms with Gasteiger partial charge in [0, 0.05) is 4.47 Å². The smallest absolute Gasteiger partial charge is 0.339 e. The summed E-state index contributed by atoms with van der Waals surface area (Å²) in [5.74, 6) is -0.500. The number of anilines is 1. The number of carbonyl (C=O) groups is 2. The zero-order valence-electron chi connectivity index (χ0n) is 13.1. The first kappa shape index (κ1) is 18.3. The quantitative estimate of drug-likeness (QED) is 0.747. The van der Waals surface area contributed by atoms with Crippen LogP contribution >= 0.6 is 27.5 Å². The molecule has 2 aromatic carbocycles. The SMILES string of the molecule is COC(=O)c1ccccc1NC(=O)COc1c(C)cc(Br)cc1Cl. The lowest BCUT2D eigenvalue weighted by atomic mass is 10.2. The van der Waals surface area contributed by atoms with Gasteiger partial charge in [-0.2, -0.15) is 0 Å². The van der Waals surface area contributed by atoms with Gasteiger partial charge in [-0.1, -0.05) is 39.7 Å². The molecule has 1 N–H and O–H groups in total. The molecule has 0 fully saturated rings. The number of hydrogen-bond acceptors (Lipinski definition) is 4. The number of hydrogen-bond donors (Lipinski definition) is 1. The minimum absolute atomic E-state index is 0.238. The maximum Gasteiger partial charge on any atom is 0.339 e. The van der Waals surface area contributed by atoms with E-state index in [4.69, 9.17) is 16.3 Å². The summed E-state index contributed by atoms with van der Waals surface area (Å²) in [5.41, 5.74) is 1.43. The van der Waals surface area contributed by atoms with E-state index in [0.717, 1.165) is 10.0 Å². The Hall–Kier alpha value is -2.05. The average Bonchev–Trinajstić information content (AvgIpc) is 2.53. The predicted octanol–water partition coefficient (Wildman–Crippen LogP) is 4.22. The van der Waals surface area contributed by atoms with Crippen LogP contribution in [-0.4, -0.2) is 25.6 Å². The molecule has 0 aliphatic heterocycles. The van der Waals surface area contributed by atoms with Gasteiger partial charge in [-0.3, -0.25) is 4.79 Å². The number of ether oxygens (including phenoxy) is 2. The minimum atomic E-state index is -0.529. The summed E-state index contributed by atoms with van der Waals surface area (Å²) in [7, 11) is 1.28. The lowest BCUT2D eigenvalue weighted by Gasteiger charge is -2.13. The van der Waals surface area contributed by atoms with Gasteiger partial charge >= 0.3 is 5.97 Å². The number of para-hydroxylation sites is 1. The molecule has 5 nitrogen and oxygen atoms in total. The number of amides is 1. The Morgan fingerprint density at radius 1 is 1.25 bits per heavy atom. The Bertz CT molecular complexity index is 756. The van der Waals surface area contributed by atoms with Crippen molar-refractivity contribution in [2.45, 2.75) is 6.92 Å². The third-order valence-corrected chi connectivity index (χ3v) is 3.89. The molecule has 1 amide bonds. The molecule has 2 rings (SSSR count). The first-order valence-electron chi connectivity index (χ1n) is 6.98. The van der Waals surface area contributed by atoms with E-state index >= 15 is 0 Å². The molecule has 0 heterocycles. The fourth-order valence-corrected chi connectivity index (χ4v) is 3.10. The highest BCUT2D eigenvalue weighted by Gasteiger charge is 2.14. The molecule has 0 aromatic heterocycles. The van der Waals surface area contributed by atoms with E-state index in [0.29, 0.717) is 16.5 Å². The van der Waals surface area contributed by atoms with Crippen molar-refractivity contribution in [1.82, 2.24) is 0 Å². The van der Waals surface area contributed by atoms with Crippen LogP contribution in [0.2, 0.25) is 5.02 Å². The summed E-state index contributed by atoms with van der Waals surface area (Å²) in [6.45, 7) is 1.59. The molecule has 7 heteroatoms. The van der Waals surface area contributed by atoms with Gasteiger partial charge in [0.15, 0.2) is 6.61 Å². The van der Waals surface area contributed by atoms with E-state index in [9.17, 15) is 9.59 Å². The van der Waals surface area contributed by atoms with Gasteiger partial charge in [0.2, 0.25) is 0 Å². The van der Waals surface area contributed by atoms with Crippen molar-refractivity contribution in [1.29, 1.82) is 0 Å². The summed E-state index contributed by atoms with van der Waals surface area (Å²) < 4.78 is 11.0. The molecule has 0 bridgehead atoms. The van der Waals surface area contributed by atoms with Crippen LogP contribution in [0, 0.1) is 6.92 Å². The largest absolute Gasteiger partial charge is 0.482 e. The molecule has 0 aliphatic rings. The lowest BCUT2D eigenvalue weighted by molar-refractivity contribution is -0.118. The van der Waals surface area contributed by atoms with Gasteiger partial charge in [0.1, 0.15) is 5.75 Å². The molecule has 0 aliphatic carbocycles. The van der Waals surface area contributed by atoms with Crippen LogP contribution in [0.15, 0.2) is 40.9 Å². The Morgan fingerprint density at radius 3 is 2.62 bits per heavy atom. The summed E-state index contributed by atoms with van der Waals surface area (Å²) in [6, 6.07) is 10.1. The molecule has 0 radical (unpaired) electrons. The maximum atomic E-state index is 12.1. The molecular formula is C17H15BrClNO4.